The van der Waals surface area contributed by atoms with E-state index < -0.39 is 50.5 Å². The molecule has 1 aromatic heterocycles. The Balaban J connectivity index is 2.74. The Labute approximate surface area is 166 Å². The number of rotatable bonds is 4. The third-order valence-electron chi connectivity index (χ3n) is 3.14. The van der Waals surface area contributed by atoms with Crippen molar-refractivity contribution in [1.29, 1.82) is 0 Å². The maximum atomic E-state index is 13.9. The van der Waals surface area contributed by atoms with Crippen molar-refractivity contribution in [3.63, 3.8) is 0 Å². The van der Waals surface area contributed by atoms with Crippen molar-refractivity contribution in [3.05, 3.63) is 45.4 Å². The van der Waals surface area contributed by atoms with Gasteiger partial charge < -0.3 is 4.55 Å². The molecule has 1 heterocycles. The first-order valence-corrected chi connectivity index (χ1v) is 9.22. The van der Waals surface area contributed by atoms with Crippen molar-refractivity contribution < 1.29 is 39.7 Å². The van der Waals surface area contributed by atoms with Gasteiger partial charge in [-0.3, -0.25) is 0 Å². The molecule has 1 radical (unpaired) electrons. The monoisotopic (exact) mass is 544 g/mol. The van der Waals surface area contributed by atoms with E-state index in [0.717, 1.165) is 18.3 Å². The average Bonchev–Trinajstić information content (AvgIpc) is 2.53. The van der Waals surface area contributed by atoms with Crippen LogP contribution in [0.1, 0.15) is 0 Å². The van der Waals surface area contributed by atoms with Crippen molar-refractivity contribution >= 4 is 43.0 Å². The largest absolute Gasteiger partial charge is 0.606 e. The van der Waals surface area contributed by atoms with Crippen LogP contribution in [0.25, 0.3) is 11.1 Å². The molecule has 1 aromatic carbocycles. The van der Waals surface area contributed by atoms with Crippen molar-refractivity contribution in [2.45, 2.75) is 22.2 Å². The SMILES string of the molecule is [O-][S+](c1cc(Br)[c]c(Br)c1-c1cccnc1F)C(F)(F)C(F)(F)C(F)(F)F. The van der Waals surface area contributed by atoms with Crippen LogP contribution in [0.5, 0.6) is 0 Å². The van der Waals surface area contributed by atoms with Crippen molar-refractivity contribution in [2.24, 2.45) is 0 Å². The number of hydrogen-bond acceptors (Lipinski definition) is 2. The molecule has 27 heavy (non-hydrogen) atoms. The van der Waals surface area contributed by atoms with Crippen LogP contribution in [0.4, 0.5) is 35.1 Å². The molecule has 0 spiro atoms. The van der Waals surface area contributed by atoms with Gasteiger partial charge >= 0.3 is 17.4 Å². The molecule has 0 saturated carbocycles. The van der Waals surface area contributed by atoms with Crippen molar-refractivity contribution in [2.75, 3.05) is 0 Å². The molecule has 1 atom stereocenters. The van der Waals surface area contributed by atoms with Crippen molar-refractivity contribution in [1.82, 2.24) is 4.98 Å². The minimum atomic E-state index is -6.67. The lowest BCUT2D eigenvalue weighted by Crippen LogP contribution is -2.56. The zero-order chi connectivity index (χ0) is 20.8. The molecule has 0 fully saturated rings. The van der Waals surface area contributed by atoms with Gasteiger partial charge in [0.2, 0.25) is 5.95 Å². The molecule has 2 rings (SSSR count). The van der Waals surface area contributed by atoms with Gasteiger partial charge in [-0.15, -0.1) is 8.78 Å². The van der Waals surface area contributed by atoms with Crippen LogP contribution in [-0.4, -0.2) is 26.9 Å². The zero-order valence-electron chi connectivity index (χ0n) is 12.4. The Morgan fingerprint density at radius 3 is 2.19 bits per heavy atom. The average molecular weight is 546 g/mol. The summed E-state index contributed by atoms with van der Waals surface area (Å²) in [5.41, 5.74) is -1.21. The second-order valence-electron chi connectivity index (χ2n) is 4.87. The molecule has 0 bridgehead atoms. The maximum absolute atomic E-state index is 13.9. The van der Waals surface area contributed by atoms with Gasteiger partial charge in [0.05, 0.1) is 16.7 Å². The molecule has 0 aliphatic rings. The topological polar surface area (TPSA) is 36.0 Å². The molecular formula is C14H4Br2F8NOS. The Hall–Kier alpha value is -0.920. The number of benzene rings is 1. The quantitative estimate of drug-likeness (QED) is 0.264. The summed E-state index contributed by atoms with van der Waals surface area (Å²) in [6.07, 6.45) is -5.68. The van der Waals surface area contributed by atoms with Crippen LogP contribution in [0, 0.1) is 12.0 Å². The third kappa shape index (κ3) is 3.96. The first-order chi connectivity index (χ1) is 12.2. The molecule has 0 N–H and O–H groups in total. The number of aromatic nitrogens is 1. The summed E-state index contributed by atoms with van der Waals surface area (Å²) in [6, 6.07) is 5.16. The third-order valence-corrected chi connectivity index (χ3v) is 5.60. The fourth-order valence-electron chi connectivity index (χ4n) is 1.89. The minimum absolute atomic E-state index is 0.197. The first-order valence-electron chi connectivity index (χ1n) is 6.48. The lowest BCUT2D eigenvalue weighted by molar-refractivity contribution is -0.332. The Bertz CT molecular complexity index is 861. The van der Waals surface area contributed by atoms with Crippen molar-refractivity contribution in [3.8, 4) is 11.1 Å². The predicted octanol–water partition coefficient (Wildman–Crippen LogP) is 6.11. The molecule has 1 unspecified atom stereocenters. The van der Waals surface area contributed by atoms with Crippen LogP contribution in [0.15, 0.2) is 38.2 Å². The Morgan fingerprint density at radius 1 is 1.07 bits per heavy atom. The molecule has 2 aromatic rings. The molecule has 0 saturated heterocycles. The summed E-state index contributed by atoms with van der Waals surface area (Å²) in [5.74, 6) is -7.85. The predicted molar refractivity (Wildman–Crippen MR) is 86.2 cm³/mol. The Kier molecular flexibility index (Phi) is 6.20. The van der Waals surface area contributed by atoms with Gasteiger partial charge in [0.25, 0.3) is 0 Å². The highest BCUT2D eigenvalue weighted by Gasteiger charge is 2.80. The number of hydrogen-bond donors (Lipinski definition) is 0. The standard InChI is InChI=1S/C14H4Br2F8NOS/c15-6-4-8(16)10(7-2-1-3-25-11(7)17)9(5-6)27(26)14(23,24)12(18,19)13(20,21)22/h1-3,5H. The molecular weight excluding hydrogens is 542 g/mol. The lowest BCUT2D eigenvalue weighted by Gasteiger charge is -2.29. The molecule has 0 amide bonds. The van der Waals surface area contributed by atoms with Crippen LogP contribution < -0.4 is 0 Å². The highest BCUT2D eigenvalue weighted by atomic mass is 79.9. The second kappa shape index (κ2) is 7.48. The van der Waals surface area contributed by atoms with E-state index in [1.54, 1.807) is 0 Å². The van der Waals surface area contributed by atoms with E-state index in [-0.39, 0.29) is 8.95 Å². The summed E-state index contributed by atoms with van der Waals surface area (Å²) < 4.78 is 117. The summed E-state index contributed by atoms with van der Waals surface area (Å²) in [5, 5.41) is -6.04. The molecule has 0 aliphatic carbocycles. The van der Waals surface area contributed by atoms with Gasteiger partial charge in [-0.05, 0) is 44.0 Å². The fraction of sp³-hybridized carbons (Fsp3) is 0.214. The van der Waals surface area contributed by atoms with Crippen LogP contribution in [0.2, 0.25) is 0 Å². The van der Waals surface area contributed by atoms with E-state index in [1.165, 1.54) is 0 Å². The van der Waals surface area contributed by atoms with E-state index in [9.17, 15) is 39.7 Å². The van der Waals surface area contributed by atoms with Crippen LogP contribution >= 0.6 is 31.9 Å². The lowest BCUT2D eigenvalue weighted by atomic mass is 10.1. The molecule has 13 heteroatoms. The first kappa shape index (κ1) is 22.4. The number of pyridine rings is 1. The highest BCUT2D eigenvalue weighted by Crippen LogP contribution is 2.52. The highest BCUT2D eigenvalue weighted by molar-refractivity contribution is 9.11. The zero-order valence-corrected chi connectivity index (χ0v) is 16.3. The summed E-state index contributed by atoms with van der Waals surface area (Å²) in [7, 11) is 0. The van der Waals surface area contributed by atoms with E-state index in [4.69, 9.17) is 0 Å². The summed E-state index contributed by atoms with van der Waals surface area (Å²) in [4.78, 5) is 2.07. The van der Waals surface area contributed by atoms with Crippen LogP contribution in [0.3, 0.4) is 0 Å². The molecule has 147 valence electrons. The minimum Gasteiger partial charge on any atom is -0.606 e. The summed E-state index contributed by atoms with van der Waals surface area (Å²) in [6.45, 7) is 0. The second-order valence-corrected chi connectivity index (χ2v) is 8.01. The van der Waals surface area contributed by atoms with E-state index in [1.807, 2.05) is 0 Å². The van der Waals surface area contributed by atoms with Gasteiger partial charge in [-0.1, -0.05) is 0 Å². The molecule has 2 nitrogen and oxygen atoms in total. The van der Waals surface area contributed by atoms with Crippen LogP contribution in [-0.2, 0) is 11.2 Å². The van der Waals surface area contributed by atoms with Gasteiger partial charge in [0.1, 0.15) is 0 Å². The summed E-state index contributed by atoms with van der Waals surface area (Å²) >= 11 is 1.38. The normalized spacial score (nSPS) is 14.3. The number of alkyl halides is 7. The van der Waals surface area contributed by atoms with Gasteiger partial charge in [0, 0.05) is 32.8 Å². The fourth-order valence-corrected chi connectivity index (χ4v) is 4.75. The van der Waals surface area contributed by atoms with E-state index in [0.29, 0.717) is 6.07 Å². The smallest absolute Gasteiger partial charge is 0.486 e. The van der Waals surface area contributed by atoms with E-state index >= 15 is 0 Å². The Morgan fingerprint density at radius 2 is 1.67 bits per heavy atom. The van der Waals surface area contributed by atoms with Gasteiger partial charge in [-0.25, -0.2) is 4.98 Å². The van der Waals surface area contributed by atoms with E-state index in [2.05, 4.69) is 42.9 Å². The van der Waals surface area contributed by atoms with Gasteiger partial charge in [0.15, 0.2) is 4.90 Å². The molecule has 0 aliphatic heterocycles. The number of nitrogens with zero attached hydrogens (tertiary/aromatic N) is 1. The maximum Gasteiger partial charge on any atom is 0.486 e. The van der Waals surface area contributed by atoms with Gasteiger partial charge in [-0.2, -0.15) is 26.3 Å². The number of halogens is 10.